The fraction of sp³-hybridized carbons (Fsp3) is 0.250. The Labute approximate surface area is 71.9 Å². The Morgan fingerprint density at radius 1 is 1.15 bits per heavy atom. The summed E-state index contributed by atoms with van der Waals surface area (Å²) in [5.74, 6) is -1.11. The fourth-order valence-electron chi connectivity index (χ4n) is 0.844. The van der Waals surface area contributed by atoms with Crippen LogP contribution < -0.4 is 4.74 Å². The van der Waals surface area contributed by atoms with Crippen molar-refractivity contribution < 1.29 is 22.3 Å². The van der Waals surface area contributed by atoms with E-state index in [4.69, 9.17) is 0 Å². The number of hydrogen-bond acceptors (Lipinski definition) is 1. The van der Waals surface area contributed by atoms with E-state index in [2.05, 4.69) is 4.74 Å². The minimum atomic E-state index is -4.55. The number of alkyl halides is 3. The Morgan fingerprint density at radius 3 is 2.23 bits per heavy atom. The topological polar surface area (TPSA) is 9.23 Å². The van der Waals surface area contributed by atoms with Gasteiger partial charge in [-0.2, -0.15) is 13.2 Å². The molecule has 0 fully saturated rings. The van der Waals surface area contributed by atoms with Crippen molar-refractivity contribution in [3.8, 4) is 5.75 Å². The lowest BCUT2D eigenvalue weighted by Crippen LogP contribution is -2.05. The predicted molar refractivity (Wildman–Crippen MR) is 38.0 cm³/mol. The van der Waals surface area contributed by atoms with Crippen LogP contribution in [0, 0.1) is 5.82 Å². The van der Waals surface area contributed by atoms with Crippen molar-refractivity contribution in [2.75, 3.05) is 7.11 Å². The van der Waals surface area contributed by atoms with E-state index in [1.54, 1.807) is 0 Å². The van der Waals surface area contributed by atoms with Gasteiger partial charge in [-0.1, -0.05) is 0 Å². The molecule has 0 spiro atoms. The summed E-state index contributed by atoms with van der Waals surface area (Å²) in [7, 11) is 1.18. The number of hydrogen-bond donors (Lipinski definition) is 0. The zero-order chi connectivity index (χ0) is 10.1. The molecule has 0 amide bonds. The van der Waals surface area contributed by atoms with E-state index in [-0.39, 0.29) is 5.75 Å². The SMILES string of the molecule is COc1cc(F)cc(C(F)(F)F)c1. The minimum Gasteiger partial charge on any atom is -0.497 e. The maximum absolute atomic E-state index is 12.6. The largest absolute Gasteiger partial charge is 0.497 e. The summed E-state index contributed by atoms with van der Waals surface area (Å²) < 4.78 is 53.2. The molecule has 0 bridgehead atoms. The second-order valence-electron chi connectivity index (χ2n) is 2.38. The first-order valence-corrected chi connectivity index (χ1v) is 3.35. The van der Waals surface area contributed by atoms with Crippen molar-refractivity contribution in [2.45, 2.75) is 6.18 Å². The van der Waals surface area contributed by atoms with E-state index in [1.807, 2.05) is 0 Å². The molecule has 13 heavy (non-hydrogen) atoms. The number of ether oxygens (including phenoxy) is 1. The van der Waals surface area contributed by atoms with Crippen LogP contribution in [0.4, 0.5) is 17.6 Å². The summed E-state index contributed by atoms with van der Waals surface area (Å²) in [4.78, 5) is 0. The molecule has 5 heteroatoms. The lowest BCUT2D eigenvalue weighted by Gasteiger charge is -2.08. The number of methoxy groups -OCH3 is 1. The molecule has 0 N–H and O–H groups in total. The molecule has 0 radical (unpaired) electrons. The molecule has 1 aromatic rings. The van der Waals surface area contributed by atoms with Crippen LogP contribution in [0.1, 0.15) is 5.56 Å². The molecule has 1 rings (SSSR count). The summed E-state index contributed by atoms with van der Waals surface area (Å²) >= 11 is 0. The molecule has 0 aliphatic heterocycles. The van der Waals surface area contributed by atoms with Crippen molar-refractivity contribution >= 4 is 0 Å². The third-order valence-electron chi connectivity index (χ3n) is 1.43. The van der Waals surface area contributed by atoms with Crippen molar-refractivity contribution in [3.05, 3.63) is 29.6 Å². The summed E-state index contributed by atoms with van der Waals surface area (Å²) in [6, 6.07) is 2.04. The molecule has 0 aliphatic carbocycles. The average molecular weight is 194 g/mol. The summed E-state index contributed by atoms with van der Waals surface area (Å²) in [5.41, 5.74) is -1.05. The summed E-state index contributed by atoms with van der Waals surface area (Å²) in [6.07, 6.45) is -4.55. The van der Waals surface area contributed by atoms with Gasteiger partial charge in [-0.25, -0.2) is 4.39 Å². The van der Waals surface area contributed by atoms with E-state index < -0.39 is 17.6 Å². The Hall–Kier alpha value is -1.26. The van der Waals surface area contributed by atoms with Crippen molar-refractivity contribution in [1.29, 1.82) is 0 Å². The van der Waals surface area contributed by atoms with E-state index in [9.17, 15) is 17.6 Å². The maximum Gasteiger partial charge on any atom is 0.416 e. The fourth-order valence-corrected chi connectivity index (χ4v) is 0.844. The van der Waals surface area contributed by atoms with Crippen LogP contribution in [0.15, 0.2) is 18.2 Å². The Balaban J connectivity index is 3.16. The molecule has 0 unspecified atom stereocenters. The van der Waals surface area contributed by atoms with Gasteiger partial charge in [0, 0.05) is 6.07 Å². The van der Waals surface area contributed by atoms with Crippen LogP contribution >= 0.6 is 0 Å². The lowest BCUT2D eigenvalue weighted by molar-refractivity contribution is -0.137. The zero-order valence-corrected chi connectivity index (χ0v) is 6.65. The molecule has 1 aromatic carbocycles. The van der Waals surface area contributed by atoms with Gasteiger partial charge in [0.1, 0.15) is 11.6 Å². The van der Waals surface area contributed by atoms with Gasteiger partial charge in [0.05, 0.1) is 12.7 Å². The monoisotopic (exact) mass is 194 g/mol. The number of benzene rings is 1. The smallest absolute Gasteiger partial charge is 0.416 e. The first-order valence-electron chi connectivity index (χ1n) is 3.35. The first kappa shape index (κ1) is 9.83. The van der Waals surface area contributed by atoms with Gasteiger partial charge in [-0.05, 0) is 12.1 Å². The van der Waals surface area contributed by atoms with Crippen LogP contribution in [0.2, 0.25) is 0 Å². The van der Waals surface area contributed by atoms with Crippen LogP contribution in [0.3, 0.4) is 0 Å². The highest BCUT2D eigenvalue weighted by Gasteiger charge is 2.31. The highest BCUT2D eigenvalue weighted by atomic mass is 19.4. The average Bonchev–Trinajstić information content (AvgIpc) is 2.01. The third kappa shape index (κ3) is 2.34. The normalized spacial score (nSPS) is 11.5. The molecule has 72 valence electrons. The van der Waals surface area contributed by atoms with Gasteiger partial charge < -0.3 is 4.74 Å². The Bertz CT molecular complexity index is 306. The van der Waals surface area contributed by atoms with Crippen LogP contribution in [-0.2, 0) is 6.18 Å². The summed E-state index contributed by atoms with van der Waals surface area (Å²) in [6.45, 7) is 0. The Kier molecular flexibility index (Phi) is 2.45. The minimum absolute atomic E-state index is 0.146. The van der Waals surface area contributed by atoms with E-state index in [0.717, 1.165) is 12.1 Å². The molecule has 0 atom stereocenters. The second kappa shape index (κ2) is 3.24. The van der Waals surface area contributed by atoms with Gasteiger partial charge >= 0.3 is 6.18 Å². The molecule has 0 aromatic heterocycles. The molecule has 0 saturated heterocycles. The van der Waals surface area contributed by atoms with Crippen LogP contribution in [0.25, 0.3) is 0 Å². The van der Waals surface area contributed by atoms with E-state index >= 15 is 0 Å². The number of rotatable bonds is 1. The van der Waals surface area contributed by atoms with E-state index in [1.165, 1.54) is 7.11 Å². The van der Waals surface area contributed by atoms with Crippen molar-refractivity contribution in [1.82, 2.24) is 0 Å². The quantitative estimate of drug-likeness (QED) is 0.624. The lowest BCUT2D eigenvalue weighted by atomic mass is 10.2. The summed E-state index contributed by atoms with van der Waals surface area (Å²) in [5, 5.41) is 0. The van der Waals surface area contributed by atoms with Crippen LogP contribution in [0.5, 0.6) is 5.75 Å². The molecular weight excluding hydrogens is 188 g/mol. The highest BCUT2D eigenvalue weighted by molar-refractivity contribution is 5.31. The maximum atomic E-state index is 12.6. The van der Waals surface area contributed by atoms with Gasteiger partial charge in [-0.15, -0.1) is 0 Å². The van der Waals surface area contributed by atoms with Crippen LogP contribution in [-0.4, -0.2) is 7.11 Å². The molecule has 0 saturated carbocycles. The second-order valence-corrected chi connectivity index (χ2v) is 2.38. The van der Waals surface area contributed by atoms with Gasteiger partial charge in [0.15, 0.2) is 0 Å². The molecule has 1 nitrogen and oxygen atoms in total. The first-order chi connectivity index (χ1) is 5.93. The van der Waals surface area contributed by atoms with Crippen molar-refractivity contribution in [3.63, 3.8) is 0 Å². The standard InChI is InChI=1S/C8H6F4O/c1-13-7-3-5(8(10,11)12)2-6(9)4-7/h2-4H,1H3. The van der Waals surface area contributed by atoms with Gasteiger partial charge in [0.25, 0.3) is 0 Å². The highest BCUT2D eigenvalue weighted by Crippen LogP contribution is 2.32. The van der Waals surface area contributed by atoms with Gasteiger partial charge in [-0.3, -0.25) is 0 Å². The Morgan fingerprint density at radius 2 is 1.77 bits per heavy atom. The molecule has 0 heterocycles. The van der Waals surface area contributed by atoms with E-state index in [0.29, 0.717) is 6.07 Å². The van der Waals surface area contributed by atoms with Gasteiger partial charge in [0.2, 0.25) is 0 Å². The van der Waals surface area contributed by atoms with Crippen molar-refractivity contribution in [2.24, 2.45) is 0 Å². The zero-order valence-electron chi connectivity index (χ0n) is 6.65. The molecular formula is C8H6F4O. The third-order valence-corrected chi connectivity index (χ3v) is 1.43. The number of halogens is 4. The predicted octanol–water partition coefficient (Wildman–Crippen LogP) is 2.85. The molecule has 0 aliphatic rings.